The number of allylic oxidation sites excluding steroid dienone is 2. The molecule has 6 rings (SSSR count). The lowest BCUT2D eigenvalue weighted by atomic mass is 10.0. The summed E-state index contributed by atoms with van der Waals surface area (Å²) in [5.41, 5.74) is 7.09. The lowest BCUT2D eigenvalue weighted by Gasteiger charge is -2.36. The molecule has 0 radical (unpaired) electrons. The number of morpholine rings is 1. The van der Waals surface area contributed by atoms with Crippen LogP contribution in [0.2, 0.25) is 0 Å². The number of benzene rings is 2. The Labute approximate surface area is 215 Å². The quantitative estimate of drug-likeness (QED) is 0.449. The monoisotopic (exact) mass is 494 g/mol. The minimum atomic E-state index is -0.00312. The van der Waals surface area contributed by atoms with Gasteiger partial charge in [-0.3, -0.25) is 14.8 Å². The number of hydrogen-bond acceptors (Lipinski definition) is 6. The highest BCUT2D eigenvalue weighted by atomic mass is 16.5. The molecule has 8 heteroatoms. The second-order valence-corrected chi connectivity index (χ2v) is 9.69. The fourth-order valence-corrected chi connectivity index (χ4v) is 5.17. The molecule has 2 aromatic carbocycles. The number of carbonyl (C=O) groups is 1. The van der Waals surface area contributed by atoms with Gasteiger partial charge in [0.2, 0.25) is 5.91 Å². The summed E-state index contributed by atoms with van der Waals surface area (Å²) in [6.45, 7) is 4.94. The van der Waals surface area contributed by atoms with Gasteiger partial charge >= 0.3 is 0 Å². The standard InChI is InChI=1S/C29H30N6O2/c1-20(36)35-12-13-37-25(19-35)18-34-10-3-4-23(17-34)32-24-15-26(29-27(16-24)30-8-9-31-29)22-6-5-21-7-11-33(2)28(21)14-22/h3-11,14-16,25,32H,12-13,17-19H2,1-2H3. The average Bonchev–Trinajstić information content (AvgIpc) is 3.28. The van der Waals surface area contributed by atoms with E-state index >= 15 is 0 Å². The first kappa shape index (κ1) is 23.2. The molecule has 1 N–H and O–H groups in total. The van der Waals surface area contributed by atoms with Gasteiger partial charge in [0.05, 0.1) is 30.3 Å². The van der Waals surface area contributed by atoms with E-state index in [0.717, 1.165) is 46.6 Å². The Balaban J connectivity index is 1.24. The van der Waals surface area contributed by atoms with Crippen molar-refractivity contribution < 1.29 is 9.53 Å². The van der Waals surface area contributed by atoms with Crippen molar-refractivity contribution in [1.29, 1.82) is 0 Å². The molecule has 4 heterocycles. The fourth-order valence-electron chi connectivity index (χ4n) is 5.17. The molecule has 1 saturated heterocycles. The van der Waals surface area contributed by atoms with Crippen LogP contribution in [0.15, 0.2) is 79.0 Å². The topological polar surface area (TPSA) is 75.5 Å². The van der Waals surface area contributed by atoms with Gasteiger partial charge in [0.25, 0.3) is 0 Å². The van der Waals surface area contributed by atoms with E-state index in [4.69, 9.17) is 4.74 Å². The van der Waals surface area contributed by atoms with Crippen molar-refractivity contribution in [2.45, 2.75) is 13.0 Å². The number of aryl methyl sites for hydroxylation is 1. The molecule has 2 aliphatic rings. The molecule has 37 heavy (non-hydrogen) atoms. The largest absolute Gasteiger partial charge is 0.373 e. The van der Waals surface area contributed by atoms with Gasteiger partial charge in [0, 0.05) is 74.7 Å². The predicted molar refractivity (Wildman–Crippen MR) is 146 cm³/mol. The zero-order valence-corrected chi connectivity index (χ0v) is 21.1. The van der Waals surface area contributed by atoms with Crippen LogP contribution in [0.3, 0.4) is 0 Å². The van der Waals surface area contributed by atoms with Crippen LogP contribution in [-0.4, -0.2) is 69.1 Å². The molecule has 4 aromatic rings. The Morgan fingerprint density at radius 2 is 2.05 bits per heavy atom. The molecular weight excluding hydrogens is 464 g/mol. The Bertz CT molecular complexity index is 1540. The zero-order chi connectivity index (χ0) is 25.4. The summed E-state index contributed by atoms with van der Waals surface area (Å²) in [5.74, 6) is 0.103. The second kappa shape index (κ2) is 9.71. The Morgan fingerprint density at radius 3 is 2.95 bits per heavy atom. The van der Waals surface area contributed by atoms with E-state index in [-0.39, 0.29) is 12.0 Å². The third-order valence-corrected chi connectivity index (χ3v) is 7.07. The number of carbonyl (C=O) groups excluding carboxylic acids is 1. The Kier molecular flexibility index (Phi) is 6.10. The van der Waals surface area contributed by atoms with Crippen molar-refractivity contribution >= 4 is 33.5 Å². The van der Waals surface area contributed by atoms with Gasteiger partial charge in [-0.25, -0.2) is 0 Å². The summed E-state index contributed by atoms with van der Waals surface area (Å²) in [6.07, 6.45) is 11.8. The molecule has 188 valence electrons. The first-order valence-corrected chi connectivity index (χ1v) is 12.6. The van der Waals surface area contributed by atoms with Crippen LogP contribution in [-0.2, 0) is 16.6 Å². The van der Waals surface area contributed by atoms with Crippen LogP contribution >= 0.6 is 0 Å². The third kappa shape index (κ3) is 4.80. The number of hydrogen-bond donors (Lipinski definition) is 1. The van der Waals surface area contributed by atoms with Crippen molar-refractivity contribution in [3.8, 4) is 11.1 Å². The number of aromatic nitrogens is 3. The predicted octanol–water partition coefficient (Wildman–Crippen LogP) is 4.16. The van der Waals surface area contributed by atoms with Crippen molar-refractivity contribution in [3.63, 3.8) is 0 Å². The minimum Gasteiger partial charge on any atom is -0.373 e. The molecule has 1 fully saturated rings. The van der Waals surface area contributed by atoms with Gasteiger partial charge in [-0.15, -0.1) is 0 Å². The minimum absolute atomic E-state index is 0.00312. The summed E-state index contributed by atoms with van der Waals surface area (Å²) < 4.78 is 8.07. The molecule has 1 unspecified atom stereocenters. The summed E-state index contributed by atoms with van der Waals surface area (Å²) in [5, 5.41) is 4.82. The maximum Gasteiger partial charge on any atom is 0.219 e. The first-order chi connectivity index (χ1) is 18.0. The molecule has 8 nitrogen and oxygen atoms in total. The fraction of sp³-hybridized carbons (Fsp3) is 0.276. The Morgan fingerprint density at radius 1 is 1.16 bits per heavy atom. The van der Waals surface area contributed by atoms with Gasteiger partial charge < -0.3 is 24.4 Å². The van der Waals surface area contributed by atoms with Crippen LogP contribution in [0, 0.1) is 0 Å². The van der Waals surface area contributed by atoms with Crippen LogP contribution < -0.4 is 5.32 Å². The Hall–Kier alpha value is -4.17. The smallest absolute Gasteiger partial charge is 0.219 e. The first-order valence-electron chi connectivity index (χ1n) is 12.6. The summed E-state index contributed by atoms with van der Waals surface area (Å²) in [7, 11) is 2.06. The summed E-state index contributed by atoms with van der Waals surface area (Å²) in [6, 6.07) is 12.8. The number of fused-ring (bicyclic) bond motifs is 2. The zero-order valence-electron chi connectivity index (χ0n) is 21.1. The molecule has 2 aliphatic heterocycles. The van der Waals surface area contributed by atoms with Crippen molar-refractivity contribution in [1.82, 2.24) is 24.3 Å². The van der Waals surface area contributed by atoms with Crippen molar-refractivity contribution in [2.75, 3.05) is 38.1 Å². The second-order valence-electron chi connectivity index (χ2n) is 9.69. The number of ether oxygens (including phenoxy) is 1. The van der Waals surface area contributed by atoms with Crippen LogP contribution in [0.5, 0.6) is 0 Å². The van der Waals surface area contributed by atoms with E-state index < -0.39 is 0 Å². The maximum atomic E-state index is 11.8. The van der Waals surface area contributed by atoms with E-state index in [2.05, 4.69) is 80.6 Å². The van der Waals surface area contributed by atoms with Crippen molar-refractivity contribution in [2.24, 2.45) is 7.05 Å². The molecular formula is C29H30N6O2. The van der Waals surface area contributed by atoms with Gasteiger partial charge in [0.1, 0.15) is 0 Å². The normalized spacial score (nSPS) is 17.9. The molecule has 2 aromatic heterocycles. The number of rotatable bonds is 5. The number of anilines is 1. The van der Waals surface area contributed by atoms with Crippen molar-refractivity contribution in [3.05, 3.63) is 79.0 Å². The number of nitrogens with one attached hydrogen (secondary N) is 1. The van der Waals surface area contributed by atoms with Gasteiger partial charge in [-0.1, -0.05) is 12.1 Å². The van der Waals surface area contributed by atoms with E-state index in [1.807, 2.05) is 17.0 Å². The number of nitrogens with zero attached hydrogens (tertiary/aromatic N) is 5. The lowest BCUT2D eigenvalue weighted by Crippen LogP contribution is -2.48. The molecule has 1 amide bonds. The van der Waals surface area contributed by atoms with Gasteiger partial charge in [-0.05, 0) is 53.6 Å². The van der Waals surface area contributed by atoms with Crippen LogP contribution in [0.25, 0.3) is 33.1 Å². The third-order valence-electron chi connectivity index (χ3n) is 7.07. The highest BCUT2D eigenvalue weighted by Crippen LogP contribution is 2.32. The SMILES string of the molecule is CC(=O)N1CCOC(CN2C=CC=C(Nc3cc(-c4ccc5ccn(C)c5c4)c4nccnc4c3)C2)C1. The average molecular weight is 495 g/mol. The summed E-state index contributed by atoms with van der Waals surface area (Å²) >= 11 is 0. The molecule has 0 bridgehead atoms. The summed E-state index contributed by atoms with van der Waals surface area (Å²) in [4.78, 5) is 25.1. The molecule has 0 aliphatic carbocycles. The molecule has 0 saturated carbocycles. The van der Waals surface area contributed by atoms with Gasteiger partial charge in [-0.2, -0.15) is 0 Å². The number of amides is 1. The molecule has 1 atom stereocenters. The maximum absolute atomic E-state index is 11.8. The lowest BCUT2D eigenvalue weighted by molar-refractivity contribution is -0.136. The van der Waals surface area contributed by atoms with E-state index in [1.165, 1.54) is 10.9 Å². The van der Waals surface area contributed by atoms with E-state index in [9.17, 15) is 4.79 Å². The van der Waals surface area contributed by atoms with Gasteiger partial charge in [0.15, 0.2) is 0 Å². The molecule has 0 spiro atoms. The highest BCUT2D eigenvalue weighted by Gasteiger charge is 2.24. The highest BCUT2D eigenvalue weighted by molar-refractivity contribution is 5.97. The van der Waals surface area contributed by atoms with Crippen LogP contribution in [0.4, 0.5) is 5.69 Å². The van der Waals surface area contributed by atoms with Crippen LogP contribution in [0.1, 0.15) is 6.92 Å². The van der Waals surface area contributed by atoms with E-state index in [0.29, 0.717) is 19.7 Å². The van der Waals surface area contributed by atoms with E-state index in [1.54, 1.807) is 19.3 Å².